The molecule has 2 amide bonds. The van der Waals surface area contributed by atoms with Gasteiger partial charge in [-0.3, -0.25) is 20.0 Å². The van der Waals surface area contributed by atoms with Crippen LogP contribution in [0.4, 0.5) is 4.79 Å². The topological polar surface area (TPSA) is 95.9 Å². The molecule has 2 atom stereocenters. The number of hydrogen-bond acceptors (Lipinski definition) is 7. The fourth-order valence-electron chi connectivity index (χ4n) is 3.96. The Morgan fingerprint density at radius 1 is 1.32 bits per heavy atom. The summed E-state index contributed by atoms with van der Waals surface area (Å²) in [4.78, 5) is 37.1. The number of hydrogen-bond donors (Lipinski definition) is 2. The predicted octanol–water partition coefficient (Wildman–Crippen LogP) is 2.89. The number of nitrogens with one attached hydrogen (secondary N) is 2. The zero-order valence-corrected chi connectivity index (χ0v) is 19.2. The molecule has 0 saturated carbocycles. The normalized spacial score (nSPS) is 23.4. The van der Waals surface area contributed by atoms with Crippen molar-refractivity contribution in [2.75, 3.05) is 20.1 Å². The molecule has 2 N–H and O–H groups in total. The van der Waals surface area contributed by atoms with Gasteiger partial charge in [0.15, 0.2) is 0 Å². The lowest BCUT2D eigenvalue weighted by Gasteiger charge is -2.38. The molecule has 1 saturated heterocycles. The molecule has 8 nitrogen and oxygen atoms in total. The molecule has 0 spiro atoms. The van der Waals surface area contributed by atoms with Crippen LogP contribution in [-0.2, 0) is 15.1 Å². The number of rotatable bonds is 2. The summed E-state index contributed by atoms with van der Waals surface area (Å²) in [5.41, 5.74) is 1.73. The van der Waals surface area contributed by atoms with Gasteiger partial charge >= 0.3 is 6.09 Å². The number of aliphatic imine (C=N–C) groups is 1. The SMILES string of the molecule is Cc1cncc(-c2csc([C@]34CNCC3C(=O)N(C)C(NC(=O)OC(C)(C)C)=N4)c2)c1. The van der Waals surface area contributed by atoms with Gasteiger partial charge < -0.3 is 10.1 Å². The molecule has 0 aromatic carbocycles. The minimum atomic E-state index is -0.770. The van der Waals surface area contributed by atoms with Gasteiger partial charge in [-0.2, -0.15) is 0 Å². The number of thiophene rings is 1. The summed E-state index contributed by atoms with van der Waals surface area (Å²) in [6.07, 6.45) is 3.02. The highest BCUT2D eigenvalue weighted by molar-refractivity contribution is 7.10. The van der Waals surface area contributed by atoms with Gasteiger partial charge in [-0.05, 0) is 56.3 Å². The van der Waals surface area contributed by atoms with Crippen molar-refractivity contribution in [1.29, 1.82) is 0 Å². The van der Waals surface area contributed by atoms with Gasteiger partial charge in [0.25, 0.3) is 0 Å². The first-order valence-electron chi connectivity index (χ1n) is 10.2. The molecule has 164 valence electrons. The van der Waals surface area contributed by atoms with Crippen LogP contribution in [0.1, 0.15) is 31.2 Å². The Morgan fingerprint density at radius 3 is 2.81 bits per heavy atom. The fraction of sp³-hybridized carbons (Fsp3) is 0.455. The zero-order chi connectivity index (χ0) is 22.4. The van der Waals surface area contributed by atoms with Gasteiger partial charge in [-0.1, -0.05) is 0 Å². The minimum absolute atomic E-state index is 0.0850. The predicted molar refractivity (Wildman–Crippen MR) is 120 cm³/mol. The third-order valence-corrected chi connectivity index (χ3v) is 6.52. The molecule has 2 aliphatic rings. The van der Waals surface area contributed by atoms with Crippen LogP contribution in [0.3, 0.4) is 0 Å². The monoisotopic (exact) mass is 441 g/mol. The number of ether oxygens (including phenoxy) is 1. The average molecular weight is 442 g/mol. The van der Waals surface area contributed by atoms with E-state index in [1.807, 2.05) is 19.3 Å². The number of fused-ring (bicyclic) bond motifs is 1. The van der Waals surface area contributed by atoms with Crippen LogP contribution >= 0.6 is 11.3 Å². The van der Waals surface area contributed by atoms with Crippen molar-refractivity contribution in [1.82, 2.24) is 20.5 Å². The quantitative estimate of drug-likeness (QED) is 0.747. The van der Waals surface area contributed by atoms with Crippen molar-refractivity contribution in [3.05, 3.63) is 40.3 Å². The molecule has 4 heterocycles. The van der Waals surface area contributed by atoms with Gasteiger partial charge in [-0.25, -0.2) is 9.79 Å². The Morgan fingerprint density at radius 2 is 2.10 bits per heavy atom. The Hall–Kier alpha value is -2.78. The lowest BCUT2D eigenvalue weighted by molar-refractivity contribution is -0.132. The van der Waals surface area contributed by atoms with E-state index in [4.69, 9.17) is 9.73 Å². The maximum absolute atomic E-state index is 13.2. The Kier molecular flexibility index (Phi) is 5.35. The highest BCUT2D eigenvalue weighted by Crippen LogP contribution is 2.44. The zero-order valence-electron chi connectivity index (χ0n) is 18.4. The molecule has 2 aromatic rings. The second-order valence-electron chi connectivity index (χ2n) is 9.02. The molecular formula is C22H27N5O3S. The van der Waals surface area contributed by atoms with Crippen LogP contribution in [0, 0.1) is 12.8 Å². The number of amides is 2. The van der Waals surface area contributed by atoms with Gasteiger partial charge in [0.2, 0.25) is 11.9 Å². The number of aromatic nitrogens is 1. The largest absolute Gasteiger partial charge is 0.444 e. The molecule has 0 radical (unpaired) electrons. The molecule has 2 aromatic heterocycles. The first-order chi connectivity index (χ1) is 14.6. The molecule has 1 unspecified atom stereocenters. The van der Waals surface area contributed by atoms with E-state index in [0.29, 0.717) is 13.1 Å². The minimum Gasteiger partial charge on any atom is -0.444 e. The van der Waals surface area contributed by atoms with E-state index in [-0.39, 0.29) is 17.8 Å². The summed E-state index contributed by atoms with van der Waals surface area (Å²) in [6, 6.07) is 4.16. The first kappa shape index (κ1) is 21.5. The van der Waals surface area contributed by atoms with Gasteiger partial charge in [0.05, 0.1) is 5.92 Å². The number of carbonyl (C=O) groups is 2. The molecule has 2 aliphatic heterocycles. The van der Waals surface area contributed by atoms with Crippen LogP contribution in [-0.4, -0.2) is 53.6 Å². The smallest absolute Gasteiger partial charge is 0.414 e. The Bertz CT molecular complexity index is 1060. The molecule has 31 heavy (non-hydrogen) atoms. The van der Waals surface area contributed by atoms with Crippen LogP contribution < -0.4 is 10.6 Å². The average Bonchev–Trinajstić information content (AvgIpc) is 3.32. The number of pyridine rings is 1. The van der Waals surface area contributed by atoms with E-state index in [2.05, 4.69) is 33.1 Å². The van der Waals surface area contributed by atoms with Crippen LogP contribution in [0.5, 0.6) is 0 Å². The third-order valence-electron chi connectivity index (χ3n) is 5.42. The molecule has 1 fully saturated rings. The van der Waals surface area contributed by atoms with Crippen LogP contribution in [0.15, 0.2) is 34.9 Å². The second-order valence-corrected chi connectivity index (χ2v) is 9.93. The van der Waals surface area contributed by atoms with Crippen molar-refractivity contribution in [2.45, 2.75) is 38.8 Å². The van der Waals surface area contributed by atoms with Crippen molar-refractivity contribution < 1.29 is 14.3 Å². The van der Waals surface area contributed by atoms with E-state index in [1.165, 1.54) is 4.90 Å². The standard InChI is InChI=1S/C22H27N5O3S/c1-13-6-14(9-23-8-13)15-7-17(31-11-15)22-12-24-10-16(22)18(28)27(5)19(26-22)25-20(29)30-21(2,3)4/h6-9,11,16,24H,10,12H2,1-5H3,(H,25,26,29)/t16?,22-/m0/s1. The highest BCUT2D eigenvalue weighted by Gasteiger charge is 2.54. The first-order valence-corrected chi connectivity index (χ1v) is 11.1. The van der Waals surface area contributed by atoms with E-state index < -0.39 is 17.2 Å². The molecule has 0 bridgehead atoms. The number of guanidine groups is 1. The molecule has 4 rings (SSSR count). The third kappa shape index (κ3) is 4.07. The lowest BCUT2D eigenvalue weighted by atomic mass is 9.83. The number of carbonyl (C=O) groups excluding carboxylic acids is 2. The lowest BCUT2D eigenvalue weighted by Crippen LogP contribution is -2.56. The van der Waals surface area contributed by atoms with E-state index in [1.54, 1.807) is 39.2 Å². The number of nitrogens with zero attached hydrogens (tertiary/aromatic N) is 3. The second kappa shape index (κ2) is 7.72. The highest BCUT2D eigenvalue weighted by atomic mass is 32.1. The maximum atomic E-state index is 13.2. The summed E-state index contributed by atoms with van der Waals surface area (Å²) in [5, 5.41) is 8.05. The van der Waals surface area contributed by atoms with Gasteiger partial charge in [0.1, 0.15) is 11.1 Å². The Labute approximate surface area is 185 Å². The van der Waals surface area contributed by atoms with Gasteiger partial charge in [-0.15, -0.1) is 11.3 Å². The molecule has 9 heteroatoms. The van der Waals surface area contributed by atoms with Crippen molar-refractivity contribution in [2.24, 2.45) is 10.9 Å². The molecule has 0 aliphatic carbocycles. The van der Waals surface area contributed by atoms with Crippen molar-refractivity contribution in [3.63, 3.8) is 0 Å². The van der Waals surface area contributed by atoms with E-state index >= 15 is 0 Å². The molecular weight excluding hydrogens is 414 g/mol. The summed E-state index contributed by atoms with van der Waals surface area (Å²) in [5.74, 6) is -0.228. The summed E-state index contributed by atoms with van der Waals surface area (Å²) < 4.78 is 5.36. The number of alkyl carbamates (subject to hydrolysis) is 1. The van der Waals surface area contributed by atoms with Crippen LogP contribution in [0.2, 0.25) is 0 Å². The van der Waals surface area contributed by atoms with Crippen LogP contribution in [0.25, 0.3) is 11.1 Å². The van der Waals surface area contributed by atoms with E-state index in [9.17, 15) is 9.59 Å². The van der Waals surface area contributed by atoms with Gasteiger partial charge in [0, 0.05) is 43.0 Å². The number of aryl methyl sites for hydroxylation is 1. The summed E-state index contributed by atoms with van der Waals surface area (Å²) in [7, 11) is 1.62. The Balaban J connectivity index is 1.71. The maximum Gasteiger partial charge on any atom is 0.414 e. The van der Waals surface area contributed by atoms with Crippen molar-refractivity contribution >= 4 is 29.3 Å². The summed E-state index contributed by atoms with van der Waals surface area (Å²) >= 11 is 1.57. The van der Waals surface area contributed by atoms with Crippen molar-refractivity contribution in [3.8, 4) is 11.1 Å². The fourth-order valence-corrected chi connectivity index (χ4v) is 5.08. The van der Waals surface area contributed by atoms with E-state index in [0.717, 1.165) is 21.6 Å². The summed E-state index contributed by atoms with van der Waals surface area (Å²) in [6.45, 7) is 8.42.